The topological polar surface area (TPSA) is 61.1 Å². The van der Waals surface area contributed by atoms with Gasteiger partial charge in [0.05, 0.1) is 10.7 Å². The fourth-order valence-electron chi connectivity index (χ4n) is 0.741. The number of carboxylic acid groups (broad SMARTS) is 1. The monoisotopic (exact) mass is 170 g/mol. The summed E-state index contributed by atoms with van der Waals surface area (Å²) in [5.74, 6) is -1.17. The average molecular weight is 171 g/mol. The van der Waals surface area contributed by atoms with Crippen LogP contribution in [-0.2, 0) is 0 Å². The van der Waals surface area contributed by atoms with E-state index < -0.39 is 5.97 Å². The third-order valence-corrected chi connectivity index (χ3v) is 1.54. The van der Waals surface area contributed by atoms with E-state index in [4.69, 9.17) is 22.4 Å². The first-order valence-electron chi connectivity index (χ1n) is 2.86. The Labute approximate surface area is 68.4 Å². The molecule has 1 aromatic carbocycles. The smallest absolute Gasteiger partial charge is 0.339 e. The van der Waals surface area contributed by atoms with Crippen molar-refractivity contribution in [2.75, 3.05) is 0 Å². The van der Waals surface area contributed by atoms with Crippen LogP contribution in [0.2, 0.25) is 5.02 Å². The maximum atomic E-state index is 10.4. The minimum atomic E-state index is -1.17. The molecule has 3 nitrogen and oxygen atoms in total. The van der Waals surface area contributed by atoms with E-state index >= 15 is 0 Å². The van der Waals surface area contributed by atoms with Crippen molar-refractivity contribution in [3.63, 3.8) is 0 Å². The number of carboxylic acids is 1. The lowest BCUT2D eigenvalue weighted by molar-refractivity contribution is 0.0698. The summed E-state index contributed by atoms with van der Waals surface area (Å²) < 4.78 is 0. The Kier molecular flexibility index (Phi) is 2.01. The molecule has 0 aliphatic heterocycles. The second kappa shape index (κ2) is 2.80. The summed E-state index contributed by atoms with van der Waals surface area (Å²) >= 11 is 5.52. The molecule has 0 amide bonds. The fourth-order valence-corrected chi connectivity index (χ4v) is 0.997. The van der Waals surface area contributed by atoms with Crippen molar-refractivity contribution in [1.29, 1.82) is 0 Å². The van der Waals surface area contributed by atoms with E-state index in [1.807, 2.05) is 0 Å². The molecule has 57 valence electrons. The first kappa shape index (κ1) is 7.88. The van der Waals surface area contributed by atoms with Crippen LogP contribution in [0.1, 0.15) is 10.4 Å². The van der Waals surface area contributed by atoms with Gasteiger partial charge in [-0.3, -0.25) is 5.73 Å². The zero-order valence-electron chi connectivity index (χ0n) is 5.47. The molecule has 0 bridgehead atoms. The normalized spacial score (nSPS) is 9.55. The van der Waals surface area contributed by atoms with Gasteiger partial charge in [0, 0.05) is 0 Å². The summed E-state index contributed by atoms with van der Waals surface area (Å²) in [5, 5.41) is 8.64. The zero-order valence-corrected chi connectivity index (χ0v) is 6.22. The summed E-state index contributed by atoms with van der Waals surface area (Å²) in [7, 11) is 0. The second-order valence-corrected chi connectivity index (χ2v) is 2.37. The number of aromatic carboxylic acids is 1. The van der Waals surface area contributed by atoms with E-state index in [9.17, 15) is 4.79 Å². The highest BCUT2D eigenvalue weighted by molar-refractivity contribution is 6.34. The summed E-state index contributed by atoms with van der Waals surface area (Å²) in [4.78, 5) is 10.4. The van der Waals surface area contributed by atoms with Gasteiger partial charge in [-0.05, 0) is 12.1 Å². The molecular weight excluding hydrogens is 166 g/mol. The predicted molar refractivity (Wildman–Crippen MR) is 41.2 cm³/mol. The van der Waals surface area contributed by atoms with E-state index in [2.05, 4.69) is 0 Å². The summed E-state index contributed by atoms with van der Waals surface area (Å²) in [6.07, 6.45) is 0. The molecule has 0 aromatic heterocycles. The summed E-state index contributed by atoms with van der Waals surface area (Å²) in [5.41, 5.74) is 6.97. The van der Waals surface area contributed by atoms with Crippen LogP contribution < -0.4 is 5.73 Å². The number of nitrogens with one attached hydrogen (secondary N) is 1. The van der Waals surface area contributed by atoms with Crippen molar-refractivity contribution in [2.45, 2.75) is 0 Å². The van der Waals surface area contributed by atoms with E-state index in [1.54, 1.807) is 0 Å². The third-order valence-electron chi connectivity index (χ3n) is 1.23. The van der Waals surface area contributed by atoms with Crippen LogP contribution in [-0.4, -0.2) is 11.1 Å². The Morgan fingerprint density at radius 3 is 2.55 bits per heavy atom. The second-order valence-electron chi connectivity index (χ2n) is 1.97. The Bertz CT molecular complexity index is 278. The van der Waals surface area contributed by atoms with E-state index in [0.29, 0.717) is 0 Å². The van der Waals surface area contributed by atoms with Crippen molar-refractivity contribution in [3.05, 3.63) is 28.8 Å². The van der Waals surface area contributed by atoms with Gasteiger partial charge >= 0.3 is 5.97 Å². The van der Waals surface area contributed by atoms with Gasteiger partial charge < -0.3 is 5.11 Å². The van der Waals surface area contributed by atoms with Crippen molar-refractivity contribution < 1.29 is 9.90 Å². The molecule has 0 spiro atoms. The molecule has 4 heteroatoms. The highest BCUT2D eigenvalue weighted by Crippen LogP contribution is 2.22. The van der Waals surface area contributed by atoms with Crippen molar-refractivity contribution in [2.24, 2.45) is 0 Å². The Morgan fingerprint density at radius 1 is 1.55 bits per heavy atom. The van der Waals surface area contributed by atoms with Gasteiger partial charge in [0.1, 0.15) is 5.56 Å². The molecule has 0 fully saturated rings. The lowest BCUT2D eigenvalue weighted by atomic mass is 10.2. The molecule has 0 saturated heterocycles. The largest absolute Gasteiger partial charge is 0.478 e. The quantitative estimate of drug-likeness (QED) is 0.700. The molecule has 0 aliphatic rings. The summed E-state index contributed by atoms with van der Waals surface area (Å²) in [6.45, 7) is 0. The van der Waals surface area contributed by atoms with Crippen molar-refractivity contribution in [1.82, 2.24) is 5.73 Å². The lowest BCUT2D eigenvalue weighted by Gasteiger charge is -1.99. The van der Waals surface area contributed by atoms with Crippen LogP contribution in [0, 0.1) is 0 Å². The van der Waals surface area contributed by atoms with Crippen LogP contribution in [0.4, 0.5) is 5.69 Å². The average Bonchev–Trinajstić information content (AvgIpc) is 1.85. The van der Waals surface area contributed by atoms with Crippen LogP contribution in [0.5, 0.6) is 0 Å². The molecular formula is C7H5ClNO2. The van der Waals surface area contributed by atoms with Crippen LogP contribution >= 0.6 is 11.6 Å². The number of halogens is 1. The van der Waals surface area contributed by atoms with E-state index in [0.717, 1.165) is 0 Å². The molecule has 0 aliphatic carbocycles. The van der Waals surface area contributed by atoms with Crippen LogP contribution in [0.25, 0.3) is 0 Å². The SMILES string of the molecule is [NH]c1cccc(Cl)c1C(=O)O. The first-order valence-corrected chi connectivity index (χ1v) is 3.24. The van der Waals surface area contributed by atoms with Gasteiger partial charge in [-0.15, -0.1) is 0 Å². The predicted octanol–water partition coefficient (Wildman–Crippen LogP) is 1.95. The van der Waals surface area contributed by atoms with Gasteiger partial charge in [0.2, 0.25) is 0 Å². The first-order chi connectivity index (χ1) is 5.13. The molecule has 1 aromatic rings. The zero-order chi connectivity index (χ0) is 8.43. The van der Waals surface area contributed by atoms with Gasteiger partial charge in [-0.25, -0.2) is 4.79 Å². The molecule has 0 heterocycles. The molecule has 0 atom stereocenters. The molecule has 0 saturated carbocycles. The van der Waals surface area contributed by atoms with Crippen LogP contribution in [0.3, 0.4) is 0 Å². The number of benzene rings is 1. The summed E-state index contributed by atoms with van der Waals surface area (Å²) in [6, 6.07) is 4.37. The fraction of sp³-hybridized carbons (Fsp3) is 0. The minimum absolute atomic E-state index is 0.0648. The maximum absolute atomic E-state index is 10.4. The van der Waals surface area contributed by atoms with Gasteiger partial charge in [0.25, 0.3) is 0 Å². The number of hydrogen-bond acceptors (Lipinski definition) is 1. The standard InChI is InChI=1S/C7H5ClNO2/c8-4-2-1-3-5(9)6(4)7(10)11/h1-3,9H,(H,10,11). The molecule has 11 heavy (non-hydrogen) atoms. The number of rotatable bonds is 1. The maximum Gasteiger partial charge on any atom is 0.339 e. The number of carbonyl (C=O) groups is 1. The third kappa shape index (κ3) is 1.43. The molecule has 1 radical (unpaired) electrons. The van der Waals surface area contributed by atoms with Gasteiger partial charge in [-0.2, -0.15) is 0 Å². The molecule has 1 rings (SSSR count). The van der Waals surface area contributed by atoms with E-state index in [-0.39, 0.29) is 16.3 Å². The van der Waals surface area contributed by atoms with Gasteiger partial charge in [-0.1, -0.05) is 17.7 Å². The molecule has 2 N–H and O–H groups in total. The Morgan fingerprint density at radius 2 is 2.18 bits per heavy atom. The van der Waals surface area contributed by atoms with Crippen molar-refractivity contribution in [3.8, 4) is 0 Å². The highest BCUT2D eigenvalue weighted by atomic mass is 35.5. The van der Waals surface area contributed by atoms with Crippen molar-refractivity contribution >= 4 is 23.3 Å². The lowest BCUT2D eigenvalue weighted by Crippen LogP contribution is -1.98. The Hall–Kier alpha value is -1.22. The van der Waals surface area contributed by atoms with Crippen LogP contribution in [0.15, 0.2) is 18.2 Å². The Balaban J connectivity index is 3.32. The minimum Gasteiger partial charge on any atom is -0.478 e. The highest BCUT2D eigenvalue weighted by Gasteiger charge is 2.11. The van der Waals surface area contributed by atoms with Gasteiger partial charge in [0.15, 0.2) is 0 Å². The van der Waals surface area contributed by atoms with E-state index in [1.165, 1.54) is 18.2 Å². The molecule has 0 unspecified atom stereocenters. The number of hydrogen-bond donors (Lipinski definition) is 1.